The van der Waals surface area contributed by atoms with Gasteiger partial charge in [0.15, 0.2) is 0 Å². The van der Waals surface area contributed by atoms with Crippen LogP contribution in [-0.2, 0) is 0 Å². The molecule has 0 saturated carbocycles. The quantitative estimate of drug-likeness (QED) is 0.699. The Hall–Kier alpha value is -1.02. The monoisotopic (exact) mass is 168 g/mol. The molecule has 0 radical (unpaired) electrons. The summed E-state index contributed by atoms with van der Waals surface area (Å²) in [5.41, 5.74) is 7.11. The number of anilines is 1. The molecule has 1 heterocycles. The number of pyridine rings is 1. The molecule has 2 N–H and O–H groups in total. The maximum atomic E-state index is 5.84. The van der Waals surface area contributed by atoms with Gasteiger partial charge in [0.25, 0.3) is 0 Å². The molecule has 0 aliphatic rings. The Morgan fingerprint density at radius 2 is 2.36 bits per heavy atom. The zero-order valence-electron chi connectivity index (χ0n) is 6.26. The maximum absolute atomic E-state index is 5.84. The molecule has 11 heavy (non-hydrogen) atoms. The van der Waals surface area contributed by atoms with Gasteiger partial charge >= 0.3 is 0 Å². The molecular formula is C8H9ClN2. The molecule has 0 amide bonds. The highest BCUT2D eigenvalue weighted by molar-refractivity contribution is 6.32. The summed E-state index contributed by atoms with van der Waals surface area (Å²) in [5, 5.41) is 0.602. The van der Waals surface area contributed by atoms with Crippen LogP contribution >= 0.6 is 11.6 Å². The molecule has 58 valence electrons. The second kappa shape index (κ2) is 2.93. The summed E-state index contributed by atoms with van der Waals surface area (Å²) in [7, 11) is 0. The lowest BCUT2D eigenvalue weighted by Gasteiger charge is -2.02. The van der Waals surface area contributed by atoms with Crippen LogP contribution in [-0.4, -0.2) is 4.98 Å². The van der Waals surface area contributed by atoms with E-state index in [1.54, 1.807) is 12.1 Å². The summed E-state index contributed by atoms with van der Waals surface area (Å²) >= 11 is 5.84. The van der Waals surface area contributed by atoms with Crippen molar-refractivity contribution >= 4 is 23.5 Å². The molecule has 0 saturated heterocycles. The molecule has 0 fully saturated rings. The van der Waals surface area contributed by atoms with Crippen molar-refractivity contribution in [3.05, 3.63) is 28.9 Å². The van der Waals surface area contributed by atoms with Crippen LogP contribution in [0.2, 0.25) is 5.02 Å². The van der Waals surface area contributed by atoms with E-state index < -0.39 is 0 Å². The van der Waals surface area contributed by atoms with Crippen LogP contribution in [0, 0.1) is 6.92 Å². The Bertz CT molecular complexity index is 271. The van der Waals surface area contributed by atoms with Crippen molar-refractivity contribution in [1.82, 2.24) is 4.98 Å². The van der Waals surface area contributed by atoms with Crippen LogP contribution in [0.5, 0.6) is 0 Å². The third kappa shape index (κ3) is 1.52. The molecule has 0 aliphatic carbocycles. The fraction of sp³-hybridized carbons (Fsp3) is 0.125. The lowest BCUT2D eigenvalue weighted by molar-refractivity contribution is 1.20. The summed E-state index contributed by atoms with van der Waals surface area (Å²) in [6, 6.07) is 1.62. The van der Waals surface area contributed by atoms with Gasteiger partial charge in [0.05, 0.1) is 5.02 Å². The molecule has 1 aromatic heterocycles. The predicted molar refractivity (Wildman–Crippen MR) is 48.5 cm³/mol. The van der Waals surface area contributed by atoms with E-state index in [1.165, 1.54) is 0 Å². The van der Waals surface area contributed by atoms with E-state index >= 15 is 0 Å². The van der Waals surface area contributed by atoms with Gasteiger partial charge in [0.1, 0.15) is 5.82 Å². The predicted octanol–water partition coefficient (Wildman–Crippen LogP) is 2.27. The van der Waals surface area contributed by atoms with Crippen molar-refractivity contribution in [2.75, 3.05) is 5.73 Å². The van der Waals surface area contributed by atoms with Gasteiger partial charge in [-0.25, -0.2) is 4.98 Å². The summed E-state index contributed by atoms with van der Waals surface area (Å²) in [5.74, 6) is 0.443. The Balaban J connectivity index is 3.36. The molecule has 0 aliphatic heterocycles. The van der Waals surface area contributed by atoms with E-state index in [0.717, 1.165) is 11.3 Å². The number of aryl methyl sites for hydroxylation is 1. The fourth-order valence-corrected chi connectivity index (χ4v) is 1.24. The lowest BCUT2D eigenvalue weighted by atomic mass is 10.2. The van der Waals surface area contributed by atoms with Crippen molar-refractivity contribution in [2.24, 2.45) is 0 Å². The molecule has 1 rings (SSSR count). The van der Waals surface area contributed by atoms with Crippen molar-refractivity contribution < 1.29 is 0 Å². The standard InChI is InChI=1S/C8H9ClN2/c1-3-6-5(2)11-8(10)4-7(6)9/h3-4H,1H2,2H3,(H2,10,11). The minimum Gasteiger partial charge on any atom is -0.384 e. The van der Waals surface area contributed by atoms with Crippen LogP contribution in [0.1, 0.15) is 11.3 Å². The molecule has 2 nitrogen and oxygen atoms in total. The largest absolute Gasteiger partial charge is 0.384 e. The van der Waals surface area contributed by atoms with E-state index in [9.17, 15) is 0 Å². The van der Waals surface area contributed by atoms with Gasteiger partial charge in [0.2, 0.25) is 0 Å². The molecule has 0 atom stereocenters. The molecule has 1 aromatic rings. The van der Waals surface area contributed by atoms with E-state index in [2.05, 4.69) is 11.6 Å². The second-order valence-corrected chi connectivity index (χ2v) is 2.64. The van der Waals surface area contributed by atoms with Gasteiger partial charge in [-0.15, -0.1) is 0 Å². The number of nitrogens with zero attached hydrogens (tertiary/aromatic N) is 1. The zero-order valence-corrected chi connectivity index (χ0v) is 7.02. The number of nitrogen functional groups attached to an aromatic ring is 1. The minimum absolute atomic E-state index is 0.443. The third-order valence-electron chi connectivity index (χ3n) is 1.42. The smallest absolute Gasteiger partial charge is 0.125 e. The third-order valence-corrected chi connectivity index (χ3v) is 1.74. The summed E-state index contributed by atoms with van der Waals surface area (Å²) in [6.07, 6.45) is 1.67. The van der Waals surface area contributed by atoms with Gasteiger partial charge in [-0.2, -0.15) is 0 Å². The summed E-state index contributed by atoms with van der Waals surface area (Å²) < 4.78 is 0. The molecule has 0 unspecified atom stereocenters. The highest BCUT2D eigenvalue weighted by atomic mass is 35.5. The van der Waals surface area contributed by atoms with E-state index in [-0.39, 0.29) is 0 Å². The van der Waals surface area contributed by atoms with Gasteiger partial charge < -0.3 is 5.73 Å². The average Bonchev–Trinajstić information content (AvgIpc) is 1.85. The van der Waals surface area contributed by atoms with Crippen molar-refractivity contribution in [2.45, 2.75) is 6.92 Å². The van der Waals surface area contributed by atoms with Crippen LogP contribution in [0.4, 0.5) is 5.82 Å². The number of aromatic nitrogens is 1. The Morgan fingerprint density at radius 3 is 2.82 bits per heavy atom. The van der Waals surface area contributed by atoms with Crippen molar-refractivity contribution in [3.63, 3.8) is 0 Å². The number of rotatable bonds is 1. The van der Waals surface area contributed by atoms with Gasteiger partial charge in [-0.3, -0.25) is 0 Å². The normalized spacial score (nSPS) is 9.64. The Labute approximate surface area is 70.7 Å². The second-order valence-electron chi connectivity index (χ2n) is 2.23. The van der Waals surface area contributed by atoms with E-state index in [1.807, 2.05) is 6.92 Å². The Morgan fingerprint density at radius 1 is 1.73 bits per heavy atom. The van der Waals surface area contributed by atoms with Gasteiger partial charge in [-0.1, -0.05) is 24.3 Å². The van der Waals surface area contributed by atoms with Crippen LogP contribution in [0.25, 0.3) is 6.08 Å². The highest BCUT2D eigenvalue weighted by Crippen LogP contribution is 2.21. The number of hydrogen-bond acceptors (Lipinski definition) is 2. The SMILES string of the molecule is C=Cc1c(Cl)cc(N)nc1C. The minimum atomic E-state index is 0.443. The highest BCUT2D eigenvalue weighted by Gasteiger charge is 2.01. The molecular weight excluding hydrogens is 160 g/mol. The van der Waals surface area contributed by atoms with Gasteiger partial charge in [-0.05, 0) is 13.0 Å². The number of hydrogen-bond donors (Lipinski definition) is 1. The first-order chi connectivity index (χ1) is 5.15. The van der Waals surface area contributed by atoms with Crippen LogP contribution < -0.4 is 5.73 Å². The topological polar surface area (TPSA) is 38.9 Å². The first-order valence-corrected chi connectivity index (χ1v) is 3.58. The summed E-state index contributed by atoms with van der Waals surface area (Å²) in [4.78, 5) is 4.03. The summed E-state index contributed by atoms with van der Waals surface area (Å²) in [6.45, 7) is 5.46. The van der Waals surface area contributed by atoms with E-state index in [4.69, 9.17) is 17.3 Å². The molecule has 0 aromatic carbocycles. The zero-order chi connectivity index (χ0) is 8.43. The first-order valence-electron chi connectivity index (χ1n) is 3.20. The fourth-order valence-electron chi connectivity index (χ4n) is 0.912. The molecule has 3 heteroatoms. The number of halogens is 1. The van der Waals surface area contributed by atoms with E-state index in [0.29, 0.717) is 10.8 Å². The van der Waals surface area contributed by atoms with Gasteiger partial charge in [0, 0.05) is 11.3 Å². The lowest BCUT2D eigenvalue weighted by Crippen LogP contribution is -1.94. The molecule has 0 bridgehead atoms. The van der Waals surface area contributed by atoms with Crippen LogP contribution in [0.3, 0.4) is 0 Å². The van der Waals surface area contributed by atoms with Crippen LogP contribution in [0.15, 0.2) is 12.6 Å². The molecule has 0 spiro atoms. The maximum Gasteiger partial charge on any atom is 0.125 e. The average molecular weight is 169 g/mol. The Kier molecular flexibility index (Phi) is 2.15. The first kappa shape index (κ1) is 8.08. The van der Waals surface area contributed by atoms with Crippen molar-refractivity contribution in [3.8, 4) is 0 Å². The number of nitrogens with two attached hydrogens (primary N) is 1. The van der Waals surface area contributed by atoms with Crippen molar-refractivity contribution in [1.29, 1.82) is 0 Å².